The van der Waals surface area contributed by atoms with Crippen molar-refractivity contribution < 1.29 is 9.84 Å². The molecule has 16 heavy (non-hydrogen) atoms. The molecule has 1 aromatic heterocycles. The van der Waals surface area contributed by atoms with Crippen LogP contribution in [0.25, 0.3) is 0 Å². The van der Waals surface area contributed by atoms with E-state index in [1.54, 1.807) is 6.20 Å². The summed E-state index contributed by atoms with van der Waals surface area (Å²) < 4.78 is 6.34. The topological polar surface area (TPSA) is 58.5 Å². The maximum Gasteiger partial charge on any atom is 0.146 e. The Morgan fingerprint density at radius 1 is 1.69 bits per heavy atom. The van der Waals surface area contributed by atoms with E-state index in [1.807, 2.05) is 0 Å². The third-order valence-corrected chi connectivity index (χ3v) is 3.19. The zero-order valence-electron chi connectivity index (χ0n) is 9.01. The number of halogens is 1. The van der Waals surface area contributed by atoms with Gasteiger partial charge in [0.15, 0.2) is 0 Å². The van der Waals surface area contributed by atoms with Gasteiger partial charge in [0.1, 0.15) is 12.1 Å². The van der Waals surface area contributed by atoms with Crippen LogP contribution in [0.4, 0.5) is 5.82 Å². The molecule has 0 saturated carbocycles. The highest BCUT2D eigenvalue weighted by Gasteiger charge is 2.27. The summed E-state index contributed by atoms with van der Waals surface area (Å²) in [4.78, 5) is 10.3. The molecule has 1 aromatic rings. The molecule has 1 saturated heterocycles. The van der Waals surface area contributed by atoms with Crippen molar-refractivity contribution in [2.24, 2.45) is 0 Å². The van der Waals surface area contributed by atoms with E-state index in [2.05, 4.69) is 37.7 Å². The third-order valence-electron chi connectivity index (χ3n) is 2.63. The fourth-order valence-corrected chi connectivity index (χ4v) is 2.19. The monoisotopic (exact) mass is 287 g/mol. The number of aliphatic hydroxyl groups excluding tert-OH is 1. The van der Waals surface area contributed by atoms with Crippen LogP contribution in [0.1, 0.15) is 6.92 Å². The smallest absolute Gasteiger partial charge is 0.146 e. The number of hydrogen-bond acceptors (Lipinski definition) is 5. The van der Waals surface area contributed by atoms with Crippen LogP contribution < -0.4 is 4.90 Å². The average Bonchev–Trinajstić information content (AvgIpc) is 2.31. The van der Waals surface area contributed by atoms with Crippen LogP contribution in [-0.4, -0.2) is 47.0 Å². The van der Waals surface area contributed by atoms with Crippen LogP contribution in [0.3, 0.4) is 0 Å². The van der Waals surface area contributed by atoms with E-state index in [0.717, 1.165) is 10.3 Å². The SMILES string of the molecule is CC1COC(CO)CN1c1ncncc1Br. The summed E-state index contributed by atoms with van der Waals surface area (Å²) in [5.41, 5.74) is 0. The van der Waals surface area contributed by atoms with E-state index < -0.39 is 0 Å². The lowest BCUT2D eigenvalue weighted by molar-refractivity contribution is -0.0106. The molecule has 1 aliphatic rings. The Bertz CT molecular complexity index is 364. The van der Waals surface area contributed by atoms with E-state index in [9.17, 15) is 0 Å². The lowest BCUT2D eigenvalue weighted by atomic mass is 10.2. The van der Waals surface area contributed by atoms with E-state index >= 15 is 0 Å². The zero-order valence-corrected chi connectivity index (χ0v) is 10.6. The van der Waals surface area contributed by atoms with Gasteiger partial charge in [-0.1, -0.05) is 0 Å². The molecule has 0 aliphatic carbocycles. The molecule has 5 nitrogen and oxygen atoms in total. The summed E-state index contributed by atoms with van der Waals surface area (Å²) in [5.74, 6) is 0.851. The molecule has 0 aromatic carbocycles. The van der Waals surface area contributed by atoms with E-state index in [4.69, 9.17) is 9.84 Å². The van der Waals surface area contributed by atoms with Gasteiger partial charge in [-0.3, -0.25) is 0 Å². The first-order valence-corrected chi connectivity index (χ1v) is 5.96. The highest BCUT2D eigenvalue weighted by molar-refractivity contribution is 9.10. The minimum Gasteiger partial charge on any atom is -0.394 e. The molecule has 0 radical (unpaired) electrons. The molecule has 0 bridgehead atoms. The molecule has 1 N–H and O–H groups in total. The van der Waals surface area contributed by atoms with Gasteiger partial charge >= 0.3 is 0 Å². The fraction of sp³-hybridized carbons (Fsp3) is 0.600. The van der Waals surface area contributed by atoms with E-state index in [0.29, 0.717) is 13.2 Å². The number of nitrogens with zero attached hydrogens (tertiary/aromatic N) is 3. The Balaban J connectivity index is 2.21. The summed E-state index contributed by atoms with van der Waals surface area (Å²) in [6.07, 6.45) is 3.10. The standard InChI is InChI=1S/C10H14BrN3O2/c1-7-5-16-8(4-15)3-14(7)10-9(11)2-12-6-13-10/h2,6-8,15H,3-5H2,1H3. The molecule has 1 aliphatic heterocycles. The van der Waals surface area contributed by atoms with Crippen molar-refractivity contribution in [3.63, 3.8) is 0 Å². The van der Waals surface area contributed by atoms with Crippen LogP contribution >= 0.6 is 15.9 Å². The number of ether oxygens (including phenoxy) is 1. The molecule has 0 amide bonds. The number of morpholine rings is 1. The van der Waals surface area contributed by atoms with Gasteiger partial charge < -0.3 is 14.7 Å². The number of anilines is 1. The summed E-state index contributed by atoms with van der Waals surface area (Å²) in [7, 11) is 0. The molecule has 2 rings (SSSR count). The molecule has 2 heterocycles. The van der Waals surface area contributed by atoms with Crippen LogP contribution in [-0.2, 0) is 4.74 Å². The second-order valence-corrected chi connectivity index (χ2v) is 4.69. The van der Waals surface area contributed by atoms with Crippen molar-refractivity contribution in [2.75, 3.05) is 24.7 Å². The molecule has 6 heteroatoms. The quantitative estimate of drug-likeness (QED) is 0.873. The molecule has 0 spiro atoms. The summed E-state index contributed by atoms with van der Waals surface area (Å²) in [5, 5.41) is 9.12. The summed E-state index contributed by atoms with van der Waals surface area (Å²) >= 11 is 3.43. The van der Waals surface area contributed by atoms with Gasteiger partial charge in [0.25, 0.3) is 0 Å². The lowest BCUT2D eigenvalue weighted by Crippen LogP contribution is -2.50. The van der Waals surface area contributed by atoms with Crippen molar-refractivity contribution in [1.29, 1.82) is 0 Å². The summed E-state index contributed by atoms with van der Waals surface area (Å²) in [6.45, 7) is 3.35. The molecule has 1 fully saturated rings. The van der Waals surface area contributed by atoms with Crippen molar-refractivity contribution in [1.82, 2.24) is 9.97 Å². The maximum absolute atomic E-state index is 9.12. The van der Waals surface area contributed by atoms with Gasteiger partial charge in [-0.05, 0) is 22.9 Å². The Morgan fingerprint density at radius 3 is 3.19 bits per heavy atom. The van der Waals surface area contributed by atoms with Crippen molar-refractivity contribution in [3.05, 3.63) is 17.0 Å². The second kappa shape index (κ2) is 5.07. The van der Waals surface area contributed by atoms with Gasteiger partial charge in [-0.25, -0.2) is 9.97 Å². The Kier molecular flexibility index (Phi) is 3.73. The van der Waals surface area contributed by atoms with Crippen LogP contribution in [0.2, 0.25) is 0 Å². The first-order chi connectivity index (χ1) is 7.72. The molecule has 2 unspecified atom stereocenters. The predicted octanol–water partition coefficient (Wildman–Crippen LogP) is 0.825. The van der Waals surface area contributed by atoms with E-state index in [1.165, 1.54) is 6.33 Å². The van der Waals surface area contributed by atoms with Crippen LogP contribution in [0.5, 0.6) is 0 Å². The van der Waals surface area contributed by atoms with Gasteiger partial charge in [0, 0.05) is 12.7 Å². The third kappa shape index (κ3) is 2.34. The lowest BCUT2D eigenvalue weighted by Gasteiger charge is -2.38. The number of aliphatic hydroxyl groups is 1. The van der Waals surface area contributed by atoms with Gasteiger partial charge in [0.2, 0.25) is 0 Å². The maximum atomic E-state index is 9.12. The van der Waals surface area contributed by atoms with Crippen LogP contribution in [0, 0.1) is 0 Å². The minimum atomic E-state index is -0.141. The van der Waals surface area contributed by atoms with Crippen LogP contribution in [0.15, 0.2) is 17.0 Å². The number of hydrogen-bond donors (Lipinski definition) is 1. The zero-order chi connectivity index (χ0) is 11.5. The first kappa shape index (κ1) is 11.8. The summed E-state index contributed by atoms with van der Waals surface area (Å²) in [6, 6.07) is 0.244. The Morgan fingerprint density at radius 2 is 2.50 bits per heavy atom. The van der Waals surface area contributed by atoms with Gasteiger partial charge in [-0.15, -0.1) is 0 Å². The molecule has 2 atom stereocenters. The highest BCUT2D eigenvalue weighted by Crippen LogP contribution is 2.26. The Hall–Kier alpha value is -0.720. The largest absolute Gasteiger partial charge is 0.394 e. The molecular formula is C10H14BrN3O2. The van der Waals surface area contributed by atoms with E-state index in [-0.39, 0.29) is 18.8 Å². The number of aromatic nitrogens is 2. The average molecular weight is 288 g/mol. The number of rotatable bonds is 2. The molecule has 88 valence electrons. The Labute approximate surface area is 103 Å². The van der Waals surface area contributed by atoms with Crippen molar-refractivity contribution >= 4 is 21.7 Å². The predicted molar refractivity (Wildman–Crippen MR) is 63.4 cm³/mol. The minimum absolute atomic E-state index is 0.0337. The molecular weight excluding hydrogens is 274 g/mol. The van der Waals surface area contributed by atoms with Gasteiger partial charge in [-0.2, -0.15) is 0 Å². The first-order valence-electron chi connectivity index (χ1n) is 5.17. The van der Waals surface area contributed by atoms with Gasteiger partial charge in [0.05, 0.1) is 29.8 Å². The normalized spacial score (nSPS) is 25.8. The fourth-order valence-electron chi connectivity index (χ4n) is 1.74. The highest BCUT2D eigenvalue weighted by atomic mass is 79.9. The van der Waals surface area contributed by atoms with Crippen molar-refractivity contribution in [2.45, 2.75) is 19.1 Å². The second-order valence-electron chi connectivity index (χ2n) is 3.83. The van der Waals surface area contributed by atoms with Crippen molar-refractivity contribution in [3.8, 4) is 0 Å².